The first-order valence-corrected chi connectivity index (χ1v) is 12.1. The van der Waals surface area contributed by atoms with Crippen LogP contribution in [0.1, 0.15) is 24.0 Å². The van der Waals surface area contributed by atoms with Crippen molar-refractivity contribution in [3.05, 3.63) is 70.4 Å². The number of amides is 2. The smallest absolute Gasteiger partial charge is 0.308 e. The van der Waals surface area contributed by atoms with Crippen LogP contribution in [0.25, 0.3) is 11.1 Å². The highest BCUT2D eigenvalue weighted by atomic mass is 32.2. The molecule has 3 N–H and O–H groups in total. The molecule has 1 heterocycles. The van der Waals surface area contributed by atoms with E-state index in [-0.39, 0.29) is 11.4 Å². The number of carbonyl (C=O) groups excluding carboxylic acids is 1. The van der Waals surface area contributed by atoms with Crippen LogP contribution in [0.3, 0.4) is 0 Å². The lowest BCUT2D eigenvalue weighted by molar-refractivity contribution is -0.137. The van der Waals surface area contributed by atoms with Gasteiger partial charge in [-0.2, -0.15) is 24.5 Å². The van der Waals surface area contributed by atoms with Crippen LogP contribution in [-0.4, -0.2) is 16.3 Å². The third-order valence-corrected chi connectivity index (χ3v) is 6.66. The fourth-order valence-corrected chi connectivity index (χ4v) is 4.92. The molecular formula is C22H20F3N3O2S2. The highest BCUT2D eigenvalue weighted by Crippen LogP contribution is 2.32. The fraction of sp³-hybridized carbons (Fsp3) is 0.227. The van der Waals surface area contributed by atoms with E-state index in [0.29, 0.717) is 11.7 Å². The summed E-state index contributed by atoms with van der Waals surface area (Å²) in [5.41, 5.74) is 2.09. The summed E-state index contributed by atoms with van der Waals surface area (Å²) < 4.78 is 54.1. The average molecular weight is 480 g/mol. The molecule has 4 rings (SSSR count). The summed E-state index contributed by atoms with van der Waals surface area (Å²) in [7, 11) is -1.23. The Labute approximate surface area is 189 Å². The van der Waals surface area contributed by atoms with E-state index in [0.717, 1.165) is 41.7 Å². The van der Waals surface area contributed by atoms with Gasteiger partial charge >= 0.3 is 12.2 Å². The molecule has 1 saturated carbocycles. The first-order chi connectivity index (χ1) is 15.3. The number of hydrogen-bond donors (Lipinski definition) is 3. The van der Waals surface area contributed by atoms with E-state index in [2.05, 4.69) is 15.4 Å². The standard InChI is InChI=1S/C22H20F3N3O2S2/c23-22(24,25)16-2-1-3-18(11-16)26-21(29)27-20-10-14(13-32(30)28-17-5-6-17)4-7-19(20)15-8-9-31-12-15/h1-4,7-12,17,28H,5-6,13H2,(H2,26,27,29). The molecule has 1 aliphatic carbocycles. The van der Waals surface area contributed by atoms with Gasteiger partial charge in [-0.15, -0.1) is 0 Å². The van der Waals surface area contributed by atoms with E-state index in [9.17, 15) is 22.2 Å². The number of nitrogens with one attached hydrogen (secondary N) is 3. The number of carbonyl (C=O) groups is 1. The van der Waals surface area contributed by atoms with E-state index in [1.54, 1.807) is 6.07 Å². The molecule has 1 unspecified atom stereocenters. The van der Waals surface area contributed by atoms with Crippen molar-refractivity contribution >= 4 is 39.7 Å². The van der Waals surface area contributed by atoms with Crippen molar-refractivity contribution in [1.82, 2.24) is 4.72 Å². The number of halogens is 3. The maximum absolute atomic E-state index is 12.9. The van der Waals surface area contributed by atoms with Crippen LogP contribution in [-0.2, 0) is 22.9 Å². The predicted octanol–water partition coefficient (Wildman–Crippen LogP) is 5.99. The Kier molecular flexibility index (Phi) is 6.63. The van der Waals surface area contributed by atoms with Crippen molar-refractivity contribution in [3.8, 4) is 11.1 Å². The monoisotopic (exact) mass is 479 g/mol. The van der Waals surface area contributed by atoms with Crippen molar-refractivity contribution in [2.24, 2.45) is 0 Å². The average Bonchev–Trinajstić information content (AvgIpc) is 3.36. The Balaban J connectivity index is 1.53. The lowest BCUT2D eigenvalue weighted by atomic mass is 10.0. The van der Waals surface area contributed by atoms with Gasteiger partial charge in [0.1, 0.15) is 0 Å². The topological polar surface area (TPSA) is 70.2 Å². The van der Waals surface area contributed by atoms with E-state index in [1.807, 2.05) is 29.0 Å². The summed E-state index contributed by atoms with van der Waals surface area (Å²) in [6.07, 6.45) is -2.46. The highest BCUT2D eigenvalue weighted by molar-refractivity contribution is 7.82. The lowest BCUT2D eigenvalue weighted by Crippen LogP contribution is -2.21. The molecule has 0 saturated heterocycles. The first-order valence-electron chi connectivity index (χ1n) is 9.83. The van der Waals surface area contributed by atoms with Crippen LogP contribution in [0.4, 0.5) is 29.3 Å². The third-order valence-electron chi connectivity index (χ3n) is 4.79. The van der Waals surface area contributed by atoms with E-state index in [4.69, 9.17) is 0 Å². The second-order valence-corrected chi connectivity index (χ2v) is 9.43. The molecule has 1 atom stereocenters. The minimum Gasteiger partial charge on any atom is -0.308 e. The second kappa shape index (κ2) is 9.43. The van der Waals surface area contributed by atoms with E-state index in [1.165, 1.54) is 23.5 Å². The van der Waals surface area contributed by atoms with Gasteiger partial charge < -0.3 is 10.6 Å². The maximum atomic E-state index is 12.9. The number of rotatable bonds is 7. The van der Waals surface area contributed by atoms with Crippen molar-refractivity contribution in [2.75, 3.05) is 10.6 Å². The largest absolute Gasteiger partial charge is 0.416 e. The number of benzene rings is 2. The molecule has 1 aliphatic rings. The zero-order valence-corrected chi connectivity index (χ0v) is 18.4. The summed E-state index contributed by atoms with van der Waals surface area (Å²) in [4.78, 5) is 12.6. The van der Waals surface area contributed by atoms with Gasteiger partial charge in [0.15, 0.2) is 0 Å². The molecule has 1 fully saturated rings. The predicted molar refractivity (Wildman–Crippen MR) is 122 cm³/mol. The van der Waals surface area contributed by atoms with Crippen molar-refractivity contribution in [1.29, 1.82) is 0 Å². The molecular weight excluding hydrogens is 459 g/mol. The number of hydrogen-bond acceptors (Lipinski definition) is 3. The Bertz CT molecular complexity index is 1130. The normalized spacial score (nSPS) is 14.7. The van der Waals surface area contributed by atoms with Gasteiger partial charge in [-0.25, -0.2) is 13.7 Å². The molecule has 2 amide bonds. The molecule has 10 heteroatoms. The van der Waals surface area contributed by atoms with Gasteiger partial charge in [-0.05, 0) is 65.1 Å². The summed E-state index contributed by atoms with van der Waals surface area (Å²) >= 11 is 1.50. The number of anilines is 2. The van der Waals surface area contributed by atoms with Crippen molar-refractivity contribution in [2.45, 2.75) is 30.8 Å². The molecule has 5 nitrogen and oxygen atoms in total. The van der Waals surface area contributed by atoms with Crippen molar-refractivity contribution < 1.29 is 22.2 Å². The summed E-state index contributed by atoms with van der Waals surface area (Å²) in [5, 5.41) is 9.01. The quantitative estimate of drug-likeness (QED) is 0.389. The minimum atomic E-state index is -4.50. The molecule has 0 radical (unpaired) electrons. The van der Waals surface area contributed by atoms with Gasteiger partial charge in [-0.1, -0.05) is 18.2 Å². The zero-order valence-electron chi connectivity index (χ0n) is 16.7. The lowest BCUT2D eigenvalue weighted by Gasteiger charge is -2.14. The Morgan fingerprint density at radius 3 is 2.59 bits per heavy atom. The minimum absolute atomic E-state index is 0.0281. The van der Waals surface area contributed by atoms with Crippen LogP contribution in [0.5, 0.6) is 0 Å². The zero-order chi connectivity index (χ0) is 22.7. The third kappa shape index (κ3) is 5.96. The van der Waals surface area contributed by atoms with Gasteiger partial charge in [0, 0.05) is 17.3 Å². The Hall–Kier alpha value is -2.69. The molecule has 32 heavy (non-hydrogen) atoms. The van der Waals surface area contributed by atoms with Crippen LogP contribution in [0.2, 0.25) is 0 Å². The SMILES string of the molecule is O=C(Nc1cccc(C(F)(F)F)c1)Nc1cc(CS(=O)NC2CC2)ccc1-c1ccsc1. The highest BCUT2D eigenvalue weighted by Gasteiger charge is 2.30. The fourth-order valence-electron chi connectivity index (χ4n) is 3.09. The Morgan fingerprint density at radius 1 is 1.09 bits per heavy atom. The van der Waals surface area contributed by atoms with Gasteiger partial charge in [0.05, 0.1) is 28.0 Å². The van der Waals surface area contributed by atoms with E-state index >= 15 is 0 Å². The molecule has 0 spiro atoms. The van der Waals surface area contributed by atoms with Gasteiger partial charge in [0.2, 0.25) is 0 Å². The van der Waals surface area contributed by atoms with Gasteiger partial charge in [-0.3, -0.25) is 0 Å². The molecule has 2 aromatic carbocycles. The van der Waals surface area contributed by atoms with Crippen LogP contribution in [0, 0.1) is 0 Å². The number of alkyl halides is 3. The summed E-state index contributed by atoms with van der Waals surface area (Å²) in [5.74, 6) is 0.282. The van der Waals surface area contributed by atoms with E-state index < -0.39 is 28.8 Å². The number of urea groups is 1. The maximum Gasteiger partial charge on any atom is 0.416 e. The molecule has 0 bridgehead atoms. The van der Waals surface area contributed by atoms with Crippen LogP contribution < -0.4 is 15.4 Å². The summed E-state index contributed by atoms with van der Waals surface area (Å²) in [6, 6.07) is 11.4. The molecule has 168 valence electrons. The van der Waals surface area contributed by atoms with Gasteiger partial charge in [0.25, 0.3) is 0 Å². The van der Waals surface area contributed by atoms with Crippen molar-refractivity contribution in [3.63, 3.8) is 0 Å². The number of thiophene rings is 1. The second-order valence-electron chi connectivity index (χ2n) is 7.43. The van der Waals surface area contributed by atoms with Crippen LogP contribution in [0.15, 0.2) is 59.3 Å². The van der Waals surface area contributed by atoms with Crippen LogP contribution >= 0.6 is 11.3 Å². The molecule has 1 aromatic heterocycles. The Morgan fingerprint density at radius 2 is 1.91 bits per heavy atom. The summed E-state index contributed by atoms with van der Waals surface area (Å²) in [6.45, 7) is 0. The first kappa shape index (κ1) is 22.5. The molecule has 0 aliphatic heterocycles. The molecule has 3 aromatic rings.